The van der Waals surface area contributed by atoms with Gasteiger partial charge in [0.2, 0.25) is 0 Å². The number of hydrogen-bond acceptors (Lipinski definition) is 6. The number of amides is 1. The van der Waals surface area contributed by atoms with Gasteiger partial charge in [-0.05, 0) is 18.6 Å². The SMILES string of the molecule is COc1ncc(CN2CCCN(C(=O)c3ccccn3)CC2)cn1. The molecule has 0 spiro atoms. The molecule has 7 heteroatoms. The van der Waals surface area contributed by atoms with E-state index in [2.05, 4.69) is 19.9 Å². The maximum absolute atomic E-state index is 12.5. The van der Waals surface area contributed by atoms with Crippen molar-refractivity contribution < 1.29 is 9.53 Å². The van der Waals surface area contributed by atoms with Crippen LogP contribution in [-0.4, -0.2) is 63.9 Å². The second kappa shape index (κ2) is 7.83. The van der Waals surface area contributed by atoms with Crippen molar-refractivity contribution in [3.8, 4) is 6.01 Å². The first-order valence-electron chi connectivity index (χ1n) is 8.04. The summed E-state index contributed by atoms with van der Waals surface area (Å²) in [5, 5.41) is 0. The van der Waals surface area contributed by atoms with Gasteiger partial charge >= 0.3 is 6.01 Å². The van der Waals surface area contributed by atoms with Crippen LogP contribution in [0.2, 0.25) is 0 Å². The summed E-state index contributed by atoms with van der Waals surface area (Å²) in [6, 6.07) is 5.80. The molecule has 24 heavy (non-hydrogen) atoms. The van der Waals surface area contributed by atoms with Gasteiger partial charge in [0.25, 0.3) is 5.91 Å². The zero-order valence-corrected chi connectivity index (χ0v) is 13.8. The maximum Gasteiger partial charge on any atom is 0.316 e. The number of hydrogen-bond donors (Lipinski definition) is 0. The molecule has 1 saturated heterocycles. The standard InChI is InChI=1S/C17H21N5O2/c1-24-17-19-11-14(12-20-17)13-21-7-4-8-22(10-9-21)16(23)15-5-2-3-6-18-15/h2-3,5-6,11-12H,4,7-10,13H2,1H3. The minimum atomic E-state index is 0.00484. The van der Waals surface area contributed by atoms with E-state index >= 15 is 0 Å². The Morgan fingerprint density at radius 2 is 1.96 bits per heavy atom. The highest BCUT2D eigenvalue weighted by atomic mass is 16.5. The van der Waals surface area contributed by atoms with Crippen LogP contribution in [0.25, 0.3) is 0 Å². The topological polar surface area (TPSA) is 71.5 Å². The van der Waals surface area contributed by atoms with E-state index in [-0.39, 0.29) is 5.91 Å². The molecule has 0 bridgehead atoms. The summed E-state index contributed by atoms with van der Waals surface area (Å²) in [5.41, 5.74) is 1.55. The molecule has 3 heterocycles. The molecule has 0 N–H and O–H groups in total. The molecule has 3 rings (SSSR count). The van der Waals surface area contributed by atoms with Crippen molar-refractivity contribution >= 4 is 5.91 Å². The molecule has 0 radical (unpaired) electrons. The van der Waals surface area contributed by atoms with E-state index < -0.39 is 0 Å². The Balaban J connectivity index is 1.57. The first-order valence-corrected chi connectivity index (χ1v) is 8.04. The number of aromatic nitrogens is 3. The highest BCUT2D eigenvalue weighted by Crippen LogP contribution is 2.11. The Morgan fingerprint density at radius 1 is 1.12 bits per heavy atom. The fraction of sp³-hybridized carbons (Fsp3) is 0.412. The molecule has 1 amide bonds. The van der Waals surface area contributed by atoms with E-state index in [1.807, 2.05) is 17.0 Å². The van der Waals surface area contributed by atoms with Crippen molar-refractivity contribution in [3.63, 3.8) is 0 Å². The lowest BCUT2D eigenvalue weighted by Crippen LogP contribution is -2.35. The van der Waals surface area contributed by atoms with Gasteiger partial charge in [-0.3, -0.25) is 14.7 Å². The minimum Gasteiger partial charge on any atom is -0.467 e. The van der Waals surface area contributed by atoms with Crippen molar-refractivity contribution in [2.24, 2.45) is 0 Å². The summed E-state index contributed by atoms with van der Waals surface area (Å²) in [7, 11) is 1.55. The van der Waals surface area contributed by atoms with Gasteiger partial charge in [-0.15, -0.1) is 0 Å². The van der Waals surface area contributed by atoms with Crippen molar-refractivity contribution in [2.45, 2.75) is 13.0 Å². The van der Waals surface area contributed by atoms with Gasteiger partial charge in [0.15, 0.2) is 0 Å². The van der Waals surface area contributed by atoms with Gasteiger partial charge < -0.3 is 9.64 Å². The number of rotatable bonds is 4. The number of nitrogens with zero attached hydrogens (tertiary/aromatic N) is 5. The van der Waals surface area contributed by atoms with E-state index in [1.165, 1.54) is 0 Å². The van der Waals surface area contributed by atoms with Crippen LogP contribution in [-0.2, 0) is 6.54 Å². The highest BCUT2D eigenvalue weighted by Gasteiger charge is 2.21. The molecular formula is C17H21N5O2. The second-order valence-electron chi connectivity index (χ2n) is 5.71. The molecule has 0 aromatic carbocycles. The molecule has 126 valence electrons. The zero-order chi connectivity index (χ0) is 16.8. The molecule has 2 aromatic rings. The second-order valence-corrected chi connectivity index (χ2v) is 5.71. The molecule has 1 fully saturated rings. The van der Waals surface area contributed by atoms with Crippen LogP contribution in [0.1, 0.15) is 22.5 Å². The minimum absolute atomic E-state index is 0.00484. The Kier molecular flexibility index (Phi) is 5.32. The third-order valence-electron chi connectivity index (χ3n) is 4.03. The Morgan fingerprint density at radius 3 is 2.67 bits per heavy atom. The molecule has 1 aliphatic rings. The van der Waals surface area contributed by atoms with Gasteiger partial charge in [-0.1, -0.05) is 6.07 Å². The van der Waals surface area contributed by atoms with Crippen LogP contribution in [0.5, 0.6) is 6.01 Å². The molecule has 1 aliphatic heterocycles. The summed E-state index contributed by atoms with van der Waals surface area (Å²) >= 11 is 0. The summed E-state index contributed by atoms with van der Waals surface area (Å²) in [6.07, 6.45) is 6.16. The van der Waals surface area contributed by atoms with Gasteiger partial charge in [0.1, 0.15) is 5.69 Å². The van der Waals surface area contributed by atoms with E-state index in [0.717, 1.165) is 38.2 Å². The van der Waals surface area contributed by atoms with Crippen LogP contribution < -0.4 is 4.74 Å². The molecule has 2 aromatic heterocycles. The largest absolute Gasteiger partial charge is 0.467 e. The van der Waals surface area contributed by atoms with Crippen LogP contribution in [0.3, 0.4) is 0 Å². The van der Waals surface area contributed by atoms with Crippen molar-refractivity contribution in [2.75, 3.05) is 33.3 Å². The summed E-state index contributed by atoms with van der Waals surface area (Å²) in [4.78, 5) is 29.1. The predicted molar refractivity (Wildman–Crippen MR) is 88.6 cm³/mol. The monoisotopic (exact) mass is 327 g/mol. The first-order chi connectivity index (χ1) is 11.8. The molecule has 0 aliphatic carbocycles. The van der Waals surface area contributed by atoms with Crippen LogP contribution in [0.4, 0.5) is 0 Å². The van der Waals surface area contributed by atoms with Crippen LogP contribution in [0, 0.1) is 0 Å². The van der Waals surface area contributed by atoms with Crippen LogP contribution >= 0.6 is 0 Å². The Labute approximate surface area is 141 Å². The van der Waals surface area contributed by atoms with E-state index in [0.29, 0.717) is 18.2 Å². The fourth-order valence-corrected chi connectivity index (χ4v) is 2.77. The van der Waals surface area contributed by atoms with E-state index in [9.17, 15) is 4.79 Å². The maximum atomic E-state index is 12.5. The number of methoxy groups -OCH3 is 1. The normalized spacial score (nSPS) is 15.8. The Bertz CT molecular complexity index is 662. The van der Waals surface area contributed by atoms with Gasteiger partial charge in [0, 0.05) is 56.9 Å². The Hall–Kier alpha value is -2.54. The first kappa shape index (κ1) is 16.3. The molecular weight excluding hydrogens is 306 g/mol. The third-order valence-corrected chi connectivity index (χ3v) is 4.03. The van der Waals surface area contributed by atoms with Crippen molar-refractivity contribution in [3.05, 3.63) is 48.0 Å². The van der Waals surface area contributed by atoms with Crippen LogP contribution in [0.15, 0.2) is 36.8 Å². The number of ether oxygens (including phenoxy) is 1. The fourth-order valence-electron chi connectivity index (χ4n) is 2.77. The van der Waals surface area contributed by atoms with Gasteiger partial charge in [-0.2, -0.15) is 0 Å². The summed E-state index contributed by atoms with van der Waals surface area (Å²) in [6.45, 7) is 4.00. The smallest absolute Gasteiger partial charge is 0.316 e. The van der Waals surface area contributed by atoms with Crippen molar-refractivity contribution in [1.29, 1.82) is 0 Å². The third kappa shape index (κ3) is 4.05. The zero-order valence-electron chi connectivity index (χ0n) is 13.8. The summed E-state index contributed by atoms with van der Waals surface area (Å²) in [5.74, 6) is 0.00484. The molecule has 7 nitrogen and oxygen atoms in total. The lowest BCUT2D eigenvalue weighted by Gasteiger charge is -2.21. The average Bonchev–Trinajstić information content (AvgIpc) is 2.88. The molecule has 0 saturated carbocycles. The molecule has 0 atom stereocenters. The lowest BCUT2D eigenvalue weighted by atomic mass is 10.3. The predicted octanol–water partition coefficient (Wildman–Crippen LogP) is 1.23. The number of pyridine rings is 1. The van der Waals surface area contributed by atoms with E-state index in [1.54, 1.807) is 31.8 Å². The molecule has 0 unspecified atom stereocenters. The lowest BCUT2D eigenvalue weighted by molar-refractivity contribution is 0.0755. The highest BCUT2D eigenvalue weighted by molar-refractivity contribution is 5.92. The average molecular weight is 327 g/mol. The number of carbonyl (C=O) groups excluding carboxylic acids is 1. The summed E-state index contributed by atoms with van der Waals surface area (Å²) < 4.78 is 4.98. The quantitative estimate of drug-likeness (QED) is 0.841. The van der Waals surface area contributed by atoms with Crippen molar-refractivity contribution in [1.82, 2.24) is 24.8 Å². The van der Waals surface area contributed by atoms with Gasteiger partial charge in [0.05, 0.1) is 7.11 Å². The van der Waals surface area contributed by atoms with E-state index in [4.69, 9.17) is 4.74 Å². The number of carbonyl (C=O) groups is 1. The van der Waals surface area contributed by atoms with Gasteiger partial charge in [-0.25, -0.2) is 9.97 Å².